The summed E-state index contributed by atoms with van der Waals surface area (Å²) in [6.45, 7) is 4.34. The SMILES string of the molecule is C.CC(=O)CCC(=O)O.CC(=O)CCCS(=O)(=O)O.CC(=O)CCCc1nn[nH]n1. The Kier molecular flexibility index (Phi) is 19.8. The van der Waals surface area contributed by atoms with Gasteiger partial charge in [-0.05, 0) is 33.6 Å². The summed E-state index contributed by atoms with van der Waals surface area (Å²) in [6.07, 6.45) is 2.62. The van der Waals surface area contributed by atoms with Gasteiger partial charge >= 0.3 is 5.97 Å². The fourth-order valence-corrected chi connectivity index (χ4v) is 2.08. The number of rotatable bonds is 11. The lowest BCUT2D eigenvalue weighted by atomic mass is 10.2. The van der Waals surface area contributed by atoms with E-state index in [1.807, 2.05) is 0 Å². The highest BCUT2D eigenvalue weighted by Gasteiger charge is 2.04. The van der Waals surface area contributed by atoms with Crippen LogP contribution in [0.4, 0.5) is 0 Å². The van der Waals surface area contributed by atoms with E-state index in [1.54, 1.807) is 6.92 Å². The minimum absolute atomic E-state index is 0. The summed E-state index contributed by atoms with van der Waals surface area (Å²) < 4.78 is 28.3. The molecule has 0 aromatic carbocycles. The van der Waals surface area contributed by atoms with E-state index in [0.29, 0.717) is 12.2 Å². The number of hydrogen-bond donors (Lipinski definition) is 3. The third kappa shape index (κ3) is 30.2. The first-order chi connectivity index (χ1) is 13.3. The molecule has 12 nitrogen and oxygen atoms in total. The fourth-order valence-electron chi connectivity index (χ4n) is 1.57. The van der Waals surface area contributed by atoms with Gasteiger partial charge in [0, 0.05) is 25.7 Å². The van der Waals surface area contributed by atoms with Gasteiger partial charge in [-0.2, -0.15) is 13.6 Å². The lowest BCUT2D eigenvalue weighted by Gasteiger charge is -1.92. The number of carbonyl (C=O) groups is 4. The zero-order chi connectivity index (χ0) is 22.9. The molecule has 1 heterocycles. The number of carboxylic acid groups (broad SMARTS) is 1. The van der Waals surface area contributed by atoms with Crippen LogP contribution in [0.5, 0.6) is 0 Å². The summed E-state index contributed by atoms with van der Waals surface area (Å²) in [5, 5.41) is 21.3. The van der Waals surface area contributed by atoms with Gasteiger partial charge in [0.15, 0.2) is 5.82 Å². The van der Waals surface area contributed by atoms with Crippen molar-refractivity contribution in [1.29, 1.82) is 0 Å². The van der Waals surface area contributed by atoms with Gasteiger partial charge in [0.2, 0.25) is 0 Å². The zero-order valence-electron chi connectivity index (χ0n) is 16.8. The Hall–Kier alpha value is -2.54. The van der Waals surface area contributed by atoms with Crippen LogP contribution >= 0.6 is 0 Å². The molecule has 0 fully saturated rings. The first-order valence-corrected chi connectivity index (χ1v) is 10.3. The summed E-state index contributed by atoms with van der Waals surface area (Å²) in [7, 11) is -3.87. The van der Waals surface area contributed by atoms with Crippen LogP contribution in [0.25, 0.3) is 0 Å². The molecule has 174 valence electrons. The highest BCUT2D eigenvalue weighted by Crippen LogP contribution is 1.96. The quantitative estimate of drug-likeness (QED) is 0.410. The summed E-state index contributed by atoms with van der Waals surface area (Å²) in [6, 6.07) is 0. The Morgan fingerprint density at radius 1 is 0.900 bits per heavy atom. The highest BCUT2D eigenvalue weighted by molar-refractivity contribution is 7.85. The molecular formula is C17H32N4O8S. The second-order valence-corrected chi connectivity index (χ2v) is 7.64. The van der Waals surface area contributed by atoms with E-state index in [-0.39, 0.29) is 56.2 Å². The third-order valence-corrected chi connectivity index (χ3v) is 3.75. The van der Waals surface area contributed by atoms with Crippen LogP contribution in [0, 0.1) is 0 Å². The van der Waals surface area contributed by atoms with Crippen molar-refractivity contribution in [3.05, 3.63) is 5.82 Å². The van der Waals surface area contributed by atoms with Gasteiger partial charge in [0.1, 0.15) is 17.3 Å². The molecule has 0 atom stereocenters. The maximum absolute atomic E-state index is 10.5. The molecule has 30 heavy (non-hydrogen) atoms. The number of nitrogens with zero attached hydrogens (tertiary/aromatic N) is 3. The van der Waals surface area contributed by atoms with Gasteiger partial charge < -0.3 is 19.5 Å². The largest absolute Gasteiger partial charge is 0.481 e. The van der Waals surface area contributed by atoms with Gasteiger partial charge in [-0.3, -0.25) is 9.35 Å². The Balaban J connectivity index is -0.000000364. The molecule has 0 spiro atoms. The van der Waals surface area contributed by atoms with Crippen molar-refractivity contribution in [2.24, 2.45) is 0 Å². The highest BCUT2D eigenvalue weighted by atomic mass is 32.2. The normalized spacial score (nSPS) is 9.73. The van der Waals surface area contributed by atoms with Crippen molar-refractivity contribution in [2.45, 2.75) is 73.1 Å². The molecule has 0 aliphatic carbocycles. The molecule has 0 radical (unpaired) electrons. The third-order valence-electron chi connectivity index (χ3n) is 2.94. The summed E-state index contributed by atoms with van der Waals surface area (Å²) >= 11 is 0. The summed E-state index contributed by atoms with van der Waals surface area (Å²) in [4.78, 5) is 40.6. The summed E-state index contributed by atoms with van der Waals surface area (Å²) in [5.74, 6) is -0.511. The predicted octanol–water partition coefficient (Wildman–Crippen LogP) is 1.43. The molecule has 1 aromatic heterocycles. The first kappa shape index (κ1) is 32.1. The van der Waals surface area contributed by atoms with E-state index < -0.39 is 16.1 Å². The van der Waals surface area contributed by atoms with E-state index in [0.717, 1.165) is 12.8 Å². The van der Waals surface area contributed by atoms with Crippen molar-refractivity contribution in [1.82, 2.24) is 20.6 Å². The molecule has 0 unspecified atom stereocenters. The molecule has 1 rings (SSSR count). The number of carbonyl (C=O) groups excluding carboxylic acids is 3. The minimum Gasteiger partial charge on any atom is -0.481 e. The maximum Gasteiger partial charge on any atom is 0.303 e. The Bertz CT molecular complexity index is 719. The van der Waals surface area contributed by atoms with Crippen molar-refractivity contribution >= 4 is 33.4 Å². The van der Waals surface area contributed by atoms with Crippen molar-refractivity contribution in [2.75, 3.05) is 5.75 Å². The smallest absolute Gasteiger partial charge is 0.303 e. The molecule has 0 bridgehead atoms. The lowest BCUT2D eigenvalue weighted by molar-refractivity contribution is -0.138. The molecule has 1 aromatic rings. The lowest BCUT2D eigenvalue weighted by Crippen LogP contribution is -2.05. The van der Waals surface area contributed by atoms with E-state index in [2.05, 4.69) is 20.6 Å². The van der Waals surface area contributed by atoms with E-state index in [4.69, 9.17) is 9.66 Å². The number of carboxylic acids is 1. The monoisotopic (exact) mass is 452 g/mol. The number of tetrazole rings is 1. The number of H-pyrrole nitrogens is 1. The van der Waals surface area contributed by atoms with Gasteiger partial charge in [0.05, 0.1) is 12.2 Å². The van der Waals surface area contributed by atoms with Crippen molar-refractivity contribution in [3.8, 4) is 0 Å². The topological polar surface area (TPSA) is 197 Å². The minimum atomic E-state index is -3.87. The van der Waals surface area contributed by atoms with Gasteiger partial charge in [-0.15, -0.1) is 10.2 Å². The standard InChI is InChI=1S/C6H10N4O.C5H10O4S.C5H8O3.CH4/c1-5(11)3-2-4-6-7-9-10-8-6;1-5(6)3-2-4-10(7,8)9;1-4(6)2-3-5(7)8;/h2-4H2,1H3,(H,7,8,9,10);2-4H2,1H3,(H,7,8,9);2-3H2,1H3,(H,7,8);1H4. The second kappa shape index (κ2) is 18.5. The van der Waals surface area contributed by atoms with Crippen LogP contribution in [-0.2, 0) is 35.7 Å². The molecule has 3 N–H and O–H groups in total. The average Bonchev–Trinajstić information content (AvgIpc) is 3.05. The average molecular weight is 453 g/mol. The molecule has 0 aliphatic heterocycles. The van der Waals surface area contributed by atoms with Gasteiger partial charge in [-0.25, -0.2) is 0 Å². The molecular weight excluding hydrogens is 420 g/mol. The van der Waals surface area contributed by atoms with Crippen molar-refractivity contribution in [3.63, 3.8) is 0 Å². The van der Waals surface area contributed by atoms with Crippen LogP contribution in [0.1, 0.15) is 72.5 Å². The molecule has 0 aliphatic rings. The van der Waals surface area contributed by atoms with Crippen LogP contribution in [-0.4, -0.2) is 67.8 Å². The fraction of sp³-hybridized carbons (Fsp3) is 0.706. The number of aryl methyl sites for hydroxylation is 1. The number of aromatic amines is 1. The van der Waals surface area contributed by atoms with Crippen LogP contribution in [0.2, 0.25) is 0 Å². The van der Waals surface area contributed by atoms with Gasteiger partial charge in [0.25, 0.3) is 10.1 Å². The first-order valence-electron chi connectivity index (χ1n) is 8.71. The summed E-state index contributed by atoms with van der Waals surface area (Å²) in [5.41, 5.74) is 0. The van der Waals surface area contributed by atoms with E-state index in [1.165, 1.54) is 13.8 Å². The molecule has 0 saturated heterocycles. The Morgan fingerprint density at radius 3 is 1.73 bits per heavy atom. The zero-order valence-corrected chi connectivity index (χ0v) is 17.6. The Labute approximate surface area is 176 Å². The van der Waals surface area contributed by atoms with E-state index in [9.17, 15) is 27.6 Å². The van der Waals surface area contributed by atoms with Crippen LogP contribution < -0.4 is 0 Å². The number of nitrogens with one attached hydrogen (secondary N) is 1. The molecule has 13 heteroatoms. The maximum atomic E-state index is 10.5. The second-order valence-electron chi connectivity index (χ2n) is 6.07. The number of aromatic nitrogens is 4. The predicted molar refractivity (Wildman–Crippen MR) is 108 cm³/mol. The number of aliphatic carboxylic acids is 1. The Morgan fingerprint density at radius 2 is 1.40 bits per heavy atom. The van der Waals surface area contributed by atoms with Crippen molar-refractivity contribution < 1.29 is 37.3 Å². The van der Waals surface area contributed by atoms with Crippen LogP contribution in [0.15, 0.2) is 0 Å². The molecule has 0 amide bonds. The number of hydrogen-bond acceptors (Lipinski definition) is 9. The van der Waals surface area contributed by atoms with Crippen LogP contribution in [0.3, 0.4) is 0 Å². The number of Topliss-reactive ketones (excluding diaryl/α,β-unsaturated/α-hetero) is 3. The van der Waals surface area contributed by atoms with E-state index >= 15 is 0 Å². The van der Waals surface area contributed by atoms with Gasteiger partial charge in [-0.1, -0.05) is 12.6 Å². The molecule has 0 saturated carbocycles. The number of ketones is 3.